The first-order valence-corrected chi connectivity index (χ1v) is 7.54. The second kappa shape index (κ2) is 6.90. The first-order valence-electron chi connectivity index (χ1n) is 6.79. The van der Waals surface area contributed by atoms with E-state index in [9.17, 15) is 9.59 Å². The molecular weight excluding hydrogens is 355 g/mol. The zero-order valence-electron chi connectivity index (χ0n) is 12.1. The van der Waals surface area contributed by atoms with Crippen LogP contribution < -0.4 is 5.32 Å². The summed E-state index contributed by atoms with van der Waals surface area (Å²) < 4.78 is 10.1. The second-order valence-electron chi connectivity index (χ2n) is 4.76. The number of carbonyl (C=O) groups is 2. The molecule has 1 amide bonds. The molecule has 3 rings (SSSR count). The van der Waals surface area contributed by atoms with E-state index < -0.39 is 18.5 Å². The molecule has 1 N–H and O–H groups in total. The molecule has 0 fully saturated rings. The molecule has 0 aliphatic rings. The van der Waals surface area contributed by atoms with Crippen LogP contribution in [0.1, 0.15) is 10.4 Å². The Bertz CT molecular complexity index is 923. The Morgan fingerprint density at radius 3 is 2.88 bits per heavy atom. The number of anilines is 1. The number of esters is 1. The van der Waals surface area contributed by atoms with Crippen molar-refractivity contribution in [2.75, 3.05) is 11.9 Å². The van der Waals surface area contributed by atoms with Gasteiger partial charge in [-0.1, -0.05) is 29.3 Å². The summed E-state index contributed by atoms with van der Waals surface area (Å²) in [5, 5.41) is 3.05. The van der Waals surface area contributed by atoms with Crippen molar-refractivity contribution in [3.05, 3.63) is 58.4 Å². The Kier molecular flexibility index (Phi) is 4.69. The minimum atomic E-state index is -0.646. The Labute approximate surface area is 146 Å². The molecule has 2 aromatic carbocycles. The van der Waals surface area contributed by atoms with Gasteiger partial charge in [0.1, 0.15) is 5.52 Å². The predicted molar refractivity (Wildman–Crippen MR) is 89.4 cm³/mol. The standard InChI is InChI=1S/C16H10Cl2N2O4/c17-10-2-1-3-11(15(10)18)20-14(21)7-23-16(22)9-4-5-13-12(6-9)19-8-24-13/h1-6,8H,7H2,(H,20,21). The zero-order valence-corrected chi connectivity index (χ0v) is 13.6. The average molecular weight is 365 g/mol. The summed E-state index contributed by atoms with van der Waals surface area (Å²) in [4.78, 5) is 27.8. The number of amides is 1. The first-order chi connectivity index (χ1) is 11.5. The van der Waals surface area contributed by atoms with Crippen LogP contribution in [-0.2, 0) is 9.53 Å². The number of fused-ring (bicyclic) bond motifs is 1. The van der Waals surface area contributed by atoms with Crippen LogP contribution in [0, 0.1) is 0 Å². The quantitative estimate of drug-likeness (QED) is 0.709. The molecule has 0 aliphatic heterocycles. The Hall–Kier alpha value is -2.57. The fourth-order valence-electron chi connectivity index (χ4n) is 1.99. The van der Waals surface area contributed by atoms with Crippen molar-refractivity contribution in [3.8, 4) is 0 Å². The van der Waals surface area contributed by atoms with Gasteiger partial charge in [0.25, 0.3) is 5.91 Å². The summed E-state index contributed by atoms with van der Waals surface area (Å²) in [5.41, 5.74) is 1.69. The monoisotopic (exact) mass is 364 g/mol. The molecule has 1 aromatic heterocycles. The van der Waals surface area contributed by atoms with Gasteiger partial charge in [-0.2, -0.15) is 0 Å². The number of aromatic nitrogens is 1. The van der Waals surface area contributed by atoms with E-state index in [0.717, 1.165) is 0 Å². The van der Waals surface area contributed by atoms with Crippen molar-refractivity contribution < 1.29 is 18.7 Å². The highest BCUT2D eigenvalue weighted by Crippen LogP contribution is 2.29. The molecule has 0 bridgehead atoms. The summed E-state index contributed by atoms with van der Waals surface area (Å²) in [5.74, 6) is -1.18. The molecule has 0 saturated heterocycles. The van der Waals surface area contributed by atoms with E-state index in [4.69, 9.17) is 32.4 Å². The summed E-state index contributed by atoms with van der Waals surface area (Å²) in [7, 11) is 0. The van der Waals surface area contributed by atoms with Crippen molar-refractivity contribution in [2.24, 2.45) is 0 Å². The molecule has 0 atom stereocenters. The topological polar surface area (TPSA) is 81.4 Å². The van der Waals surface area contributed by atoms with E-state index in [1.165, 1.54) is 18.5 Å². The number of nitrogens with one attached hydrogen (secondary N) is 1. The average Bonchev–Trinajstić information content (AvgIpc) is 3.04. The largest absolute Gasteiger partial charge is 0.452 e. The second-order valence-corrected chi connectivity index (χ2v) is 5.55. The minimum absolute atomic E-state index is 0.218. The van der Waals surface area contributed by atoms with Crippen LogP contribution in [0.3, 0.4) is 0 Å². The van der Waals surface area contributed by atoms with Crippen molar-refractivity contribution in [3.63, 3.8) is 0 Å². The number of halogens is 2. The van der Waals surface area contributed by atoms with Crippen LogP contribution in [0.5, 0.6) is 0 Å². The van der Waals surface area contributed by atoms with E-state index in [1.807, 2.05) is 0 Å². The van der Waals surface area contributed by atoms with Gasteiger partial charge in [0, 0.05) is 0 Å². The number of oxazole rings is 1. The van der Waals surface area contributed by atoms with Crippen molar-refractivity contribution in [1.82, 2.24) is 4.98 Å². The molecule has 6 nitrogen and oxygen atoms in total. The first kappa shape index (κ1) is 16.3. The van der Waals surface area contributed by atoms with Gasteiger partial charge in [-0.15, -0.1) is 0 Å². The maximum Gasteiger partial charge on any atom is 0.338 e. The highest BCUT2D eigenvalue weighted by atomic mass is 35.5. The molecule has 24 heavy (non-hydrogen) atoms. The molecule has 0 spiro atoms. The van der Waals surface area contributed by atoms with Crippen LogP contribution in [0.15, 0.2) is 47.2 Å². The Morgan fingerprint density at radius 2 is 2.04 bits per heavy atom. The molecular formula is C16H10Cl2N2O4. The molecule has 0 saturated carbocycles. The number of ether oxygens (including phenoxy) is 1. The van der Waals surface area contributed by atoms with Gasteiger partial charge in [0.15, 0.2) is 18.6 Å². The molecule has 3 aromatic rings. The summed E-state index contributed by atoms with van der Waals surface area (Å²) in [6.45, 7) is -0.460. The van der Waals surface area contributed by atoms with Crippen molar-refractivity contribution in [2.45, 2.75) is 0 Å². The third-order valence-corrected chi connectivity index (χ3v) is 3.95. The summed E-state index contributed by atoms with van der Waals surface area (Å²) >= 11 is 11.8. The number of carbonyl (C=O) groups excluding carboxylic acids is 2. The van der Waals surface area contributed by atoms with Crippen LogP contribution >= 0.6 is 23.2 Å². The fourth-order valence-corrected chi connectivity index (χ4v) is 2.33. The molecule has 0 aliphatic carbocycles. The van der Waals surface area contributed by atoms with Crippen molar-refractivity contribution in [1.29, 1.82) is 0 Å². The van der Waals surface area contributed by atoms with Gasteiger partial charge in [-0.25, -0.2) is 9.78 Å². The lowest BCUT2D eigenvalue weighted by molar-refractivity contribution is -0.119. The van der Waals surface area contributed by atoms with E-state index >= 15 is 0 Å². The SMILES string of the molecule is O=C(COC(=O)c1ccc2ocnc2c1)Nc1cccc(Cl)c1Cl. The number of hydrogen-bond donors (Lipinski definition) is 1. The van der Waals surface area contributed by atoms with Gasteiger partial charge in [0.05, 0.1) is 21.3 Å². The lowest BCUT2D eigenvalue weighted by atomic mass is 10.2. The van der Waals surface area contributed by atoms with Gasteiger partial charge >= 0.3 is 5.97 Å². The van der Waals surface area contributed by atoms with Crippen molar-refractivity contribution >= 4 is 51.9 Å². The molecule has 122 valence electrons. The number of rotatable bonds is 4. The van der Waals surface area contributed by atoms with Gasteiger partial charge < -0.3 is 14.5 Å². The molecule has 0 unspecified atom stereocenters. The summed E-state index contributed by atoms with van der Waals surface area (Å²) in [6.07, 6.45) is 1.28. The van der Waals surface area contributed by atoms with Crippen LogP contribution in [0.2, 0.25) is 10.0 Å². The lowest BCUT2D eigenvalue weighted by Gasteiger charge is -2.08. The fraction of sp³-hybridized carbons (Fsp3) is 0.0625. The zero-order chi connectivity index (χ0) is 17.1. The van der Waals surface area contributed by atoms with Crippen LogP contribution in [0.25, 0.3) is 11.1 Å². The molecule has 0 radical (unpaired) electrons. The van der Waals surface area contributed by atoms with Gasteiger partial charge in [-0.05, 0) is 30.3 Å². The molecule has 8 heteroatoms. The highest BCUT2D eigenvalue weighted by molar-refractivity contribution is 6.44. The summed E-state index contributed by atoms with van der Waals surface area (Å²) in [6, 6.07) is 9.48. The number of hydrogen-bond acceptors (Lipinski definition) is 5. The van der Waals surface area contributed by atoms with Gasteiger partial charge in [-0.3, -0.25) is 4.79 Å². The Morgan fingerprint density at radius 1 is 1.21 bits per heavy atom. The third kappa shape index (κ3) is 3.50. The van der Waals surface area contributed by atoms with E-state index in [1.54, 1.807) is 24.3 Å². The lowest BCUT2D eigenvalue weighted by Crippen LogP contribution is -2.21. The van der Waals surface area contributed by atoms with E-state index in [2.05, 4.69) is 10.3 Å². The molecule has 1 heterocycles. The minimum Gasteiger partial charge on any atom is -0.452 e. The normalized spacial score (nSPS) is 10.6. The van der Waals surface area contributed by atoms with E-state index in [-0.39, 0.29) is 10.6 Å². The maximum atomic E-state index is 12.0. The third-order valence-electron chi connectivity index (χ3n) is 3.13. The van der Waals surface area contributed by atoms with Crippen LogP contribution in [-0.4, -0.2) is 23.5 Å². The van der Waals surface area contributed by atoms with E-state index in [0.29, 0.717) is 21.8 Å². The number of nitrogens with zero attached hydrogens (tertiary/aromatic N) is 1. The van der Waals surface area contributed by atoms with Gasteiger partial charge in [0.2, 0.25) is 0 Å². The highest BCUT2D eigenvalue weighted by Gasteiger charge is 2.13. The Balaban J connectivity index is 1.61. The maximum absolute atomic E-state index is 12.0. The predicted octanol–water partition coefficient (Wildman–Crippen LogP) is 3.93. The van der Waals surface area contributed by atoms with Crippen LogP contribution in [0.4, 0.5) is 5.69 Å². The number of benzene rings is 2. The smallest absolute Gasteiger partial charge is 0.338 e.